The number of hydrogen-bond donors (Lipinski definition) is 1. The maximum absolute atomic E-state index is 12.0. The lowest BCUT2D eigenvalue weighted by Gasteiger charge is -2.23. The Kier molecular flexibility index (Phi) is 5.65. The molecule has 0 aliphatic rings. The van der Waals surface area contributed by atoms with E-state index in [4.69, 9.17) is 11.6 Å². The van der Waals surface area contributed by atoms with Crippen molar-refractivity contribution >= 4 is 35.1 Å². The molecule has 1 aromatic carbocycles. The number of nitrogens with zero attached hydrogens (tertiary/aromatic N) is 1. The van der Waals surface area contributed by atoms with Crippen LogP contribution in [0.3, 0.4) is 0 Å². The Morgan fingerprint density at radius 2 is 2.00 bits per heavy atom. The van der Waals surface area contributed by atoms with Crippen LogP contribution in [0.2, 0.25) is 5.02 Å². The van der Waals surface area contributed by atoms with Crippen molar-refractivity contribution in [1.82, 2.24) is 5.32 Å². The first-order valence-corrected chi connectivity index (χ1v) is 7.14. The molecule has 0 saturated carbocycles. The summed E-state index contributed by atoms with van der Waals surface area (Å²) >= 11 is 7.43. The predicted molar refractivity (Wildman–Crippen MR) is 76.0 cm³/mol. The van der Waals surface area contributed by atoms with Crippen molar-refractivity contribution in [3.63, 3.8) is 0 Å². The van der Waals surface area contributed by atoms with Gasteiger partial charge in [-0.05, 0) is 44.4 Å². The molecule has 3 nitrogen and oxygen atoms in total. The number of nitrogens with one attached hydrogen (secondary N) is 1. The van der Waals surface area contributed by atoms with E-state index in [1.54, 1.807) is 28.8 Å². The van der Waals surface area contributed by atoms with Gasteiger partial charge in [-0.1, -0.05) is 11.6 Å². The molecule has 0 unspecified atom stereocenters. The molecule has 0 saturated heterocycles. The molecule has 17 heavy (non-hydrogen) atoms. The largest absolute Gasteiger partial charge is 0.335 e. The van der Waals surface area contributed by atoms with Gasteiger partial charge in [0.1, 0.15) is 0 Å². The van der Waals surface area contributed by atoms with Gasteiger partial charge in [0.25, 0.3) is 0 Å². The van der Waals surface area contributed by atoms with Gasteiger partial charge >= 0.3 is 6.03 Å². The number of benzene rings is 1. The molecule has 0 aliphatic carbocycles. The first-order chi connectivity index (χ1) is 8.04. The van der Waals surface area contributed by atoms with Crippen LogP contribution >= 0.6 is 23.4 Å². The van der Waals surface area contributed by atoms with Crippen LogP contribution in [0.5, 0.6) is 0 Å². The number of carbonyl (C=O) groups excluding carboxylic acids is 1. The monoisotopic (exact) mass is 272 g/mol. The molecule has 5 heteroatoms. The van der Waals surface area contributed by atoms with Gasteiger partial charge in [-0.3, -0.25) is 4.90 Å². The van der Waals surface area contributed by atoms with Crippen molar-refractivity contribution < 1.29 is 4.79 Å². The van der Waals surface area contributed by atoms with Crippen LogP contribution in [-0.4, -0.2) is 24.2 Å². The molecule has 2 amide bonds. The Labute approximate surface area is 112 Å². The van der Waals surface area contributed by atoms with Crippen molar-refractivity contribution in [3.8, 4) is 0 Å². The highest BCUT2D eigenvalue weighted by atomic mass is 35.5. The molecule has 1 rings (SSSR count). The number of urea groups is 1. The fraction of sp³-hybridized carbons (Fsp3) is 0.417. The number of hydrogen-bond acceptors (Lipinski definition) is 2. The molecule has 0 spiro atoms. The Balaban J connectivity index is 2.84. The van der Waals surface area contributed by atoms with Crippen LogP contribution in [0.25, 0.3) is 0 Å². The smallest absolute Gasteiger partial charge is 0.322 e. The van der Waals surface area contributed by atoms with Crippen LogP contribution < -0.4 is 10.2 Å². The van der Waals surface area contributed by atoms with Crippen LogP contribution in [0.4, 0.5) is 10.5 Å². The van der Waals surface area contributed by atoms with E-state index in [1.165, 1.54) is 0 Å². The zero-order valence-corrected chi connectivity index (χ0v) is 11.8. The quantitative estimate of drug-likeness (QED) is 0.850. The molecular formula is C12H17ClN2OS. The van der Waals surface area contributed by atoms with Gasteiger partial charge in [-0.15, -0.1) is 11.8 Å². The van der Waals surface area contributed by atoms with E-state index in [-0.39, 0.29) is 12.1 Å². The Morgan fingerprint density at radius 1 is 1.41 bits per heavy atom. The van der Waals surface area contributed by atoms with E-state index in [0.717, 1.165) is 5.69 Å². The standard InChI is InChI=1S/C12H17ClN2OS/c1-9(2)14-12(16)15(8-17-3)11-6-4-10(13)5-7-11/h4-7,9H,8H2,1-3H3,(H,14,16). The average molecular weight is 273 g/mol. The van der Waals surface area contributed by atoms with Gasteiger partial charge < -0.3 is 5.32 Å². The summed E-state index contributed by atoms with van der Waals surface area (Å²) in [5, 5.41) is 3.55. The minimum absolute atomic E-state index is 0.0864. The fourth-order valence-corrected chi connectivity index (χ4v) is 1.98. The molecule has 94 valence electrons. The highest BCUT2D eigenvalue weighted by Gasteiger charge is 2.15. The van der Waals surface area contributed by atoms with Crippen LogP contribution in [0.15, 0.2) is 24.3 Å². The minimum Gasteiger partial charge on any atom is -0.335 e. The summed E-state index contributed by atoms with van der Waals surface area (Å²) in [6, 6.07) is 7.30. The molecule has 0 atom stereocenters. The summed E-state index contributed by atoms with van der Waals surface area (Å²) in [6.07, 6.45) is 1.96. The highest BCUT2D eigenvalue weighted by molar-refractivity contribution is 7.98. The predicted octanol–water partition coefficient (Wildman–Crippen LogP) is 3.58. The van der Waals surface area contributed by atoms with Gasteiger partial charge in [0.15, 0.2) is 0 Å². The topological polar surface area (TPSA) is 32.3 Å². The molecule has 0 radical (unpaired) electrons. The van der Waals surface area contributed by atoms with Crippen molar-refractivity contribution in [2.24, 2.45) is 0 Å². The Bertz CT molecular complexity index is 367. The molecular weight excluding hydrogens is 256 g/mol. The van der Waals surface area contributed by atoms with Crippen molar-refractivity contribution in [2.75, 3.05) is 17.0 Å². The zero-order valence-electron chi connectivity index (χ0n) is 10.2. The maximum Gasteiger partial charge on any atom is 0.322 e. The Hall–Kier alpha value is -0.870. The normalized spacial score (nSPS) is 10.4. The van der Waals surface area contributed by atoms with Crippen molar-refractivity contribution in [1.29, 1.82) is 0 Å². The van der Waals surface area contributed by atoms with Gasteiger partial charge in [0.05, 0.1) is 5.88 Å². The molecule has 0 bridgehead atoms. The summed E-state index contributed by atoms with van der Waals surface area (Å²) in [5.41, 5.74) is 0.849. The lowest BCUT2D eigenvalue weighted by molar-refractivity contribution is 0.245. The number of anilines is 1. The molecule has 0 fully saturated rings. The first kappa shape index (κ1) is 14.2. The summed E-state index contributed by atoms with van der Waals surface area (Å²) in [5.74, 6) is 0.611. The summed E-state index contributed by atoms with van der Waals surface area (Å²) in [4.78, 5) is 13.7. The SMILES string of the molecule is CSCN(C(=O)NC(C)C)c1ccc(Cl)cc1. The van der Waals surface area contributed by atoms with Crippen LogP contribution in [0.1, 0.15) is 13.8 Å². The lowest BCUT2D eigenvalue weighted by atomic mass is 10.3. The number of carbonyl (C=O) groups is 1. The third-order valence-corrected chi connectivity index (χ3v) is 2.82. The summed E-state index contributed by atoms with van der Waals surface area (Å²) in [7, 11) is 0. The van der Waals surface area contributed by atoms with E-state index in [0.29, 0.717) is 10.9 Å². The van der Waals surface area contributed by atoms with Crippen molar-refractivity contribution in [3.05, 3.63) is 29.3 Å². The van der Waals surface area contributed by atoms with Crippen molar-refractivity contribution in [2.45, 2.75) is 19.9 Å². The zero-order chi connectivity index (χ0) is 12.8. The third-order valence-electron chi connectivity index (χ3n) is 2.05. The molecule has 1 N–H and O–H groups in total. The average Bonchev–Trinajstić information content (AvgIpc) is 2.26. The number of thioether (sulfide) groups is 1. The van der Waals surface area contributed by atoms with Gasteiger partial charge in [-0.25, -0.2) is 4.79 Å². The maximum atomic E-state index is 12.0. The first-order valence-electron chi connectivity index (χ1n) is 5.37. The second kappa shape index (κ2) is 6.77. The van der Waals surface area contributed by atoms with E-state index in [1.807, 2.05) is 32.2 Å². The van der Waals surface area contributed by atoms with E-state index in [2.05, 4.69) is 5.32 Å². The fourth-order valence-electron chi connectivity index (χ4n) is 1.33. The molecule has 0 aliphatic heterocycles. The minimum atomic E-state index is -0.0864. The molecule has 0 heterocycles. The van der Waals surface area contributed by atoms with E-state index in [9.17, 15) is 4.79 Å². The second-order valence-electron chi connectivity index (χ2n) is 3.93. The number of halogens is 1. The summed E-state index contributed by atoms with van der Waals surface area (Å²) < 4.78 is 0. The molecule has 1 aromatic rings. The lowest BCUT2D eigenvalue weighted by Crippen LogP contribution is -2.42. The van der Waals surface area contributed by atoms with Crippen LogP contribution in [0, 0.1) is 0 Å². The summed E-state index contributed by atoms with van der Waals surface area (Å²) in [6.45, 7) is 3.88. The van der Waals surface area contributed by atoms with E-state index >= 15 is 0 Å². The molecule has 0 aromatic heterocycles. The number of amides is 2. The van der Waals surface area contributed by atoms with Gasteiger partial charge in [0.2, 0.25) is 0 Å². The van der Waals surface area contributed by atoms with E-state index < -0.39 is 0 Å². The van der Waals surface area contributed by atoms with Gasteiger partial charge in [0, 0.05) is 16.8 Å². The highest BCUT2D eigenvalue weighted by Crippen LogP contribution is 2.19. The number of rotatable bonds is 4. The third kappa shape index (κ3) is 4.48. The second-order valence-corrected chi connectivity index (χ2v) is 5.20. The van der Waals surface area contributed by atoms with Crippen LogP contribution in [-0.2, 0) is 0 Å². The van der Waals surface area contributed by atoms with Gasteiger partial charge in [-0.2, -0.15) is 0 Å². The Morgan fingerprint density at radius 3 is 2.47 bits per heavy atom.